The standard InChI is InChI=1S/C16H18FNO3/c1-3-21-14-8-7-12(9-13(14)17)18-10-11-5-4-6-15(20-2)16(11)19/h4-9,18-19H,3,10H2,1-2H3. The zero-order valence-electron chi connectivity index (χ0n) is 12.0. The zero-order chi connectivity index (χ0) is 15.2. The number of ether oxygens (including phenoxy) is 2. The molecular formula is C16H18FNO3. The highest BCUT2D eigenvalue weighted by atomic mass is 19.1. The Morgan fingerprint density at radius 2 is 2.00 bits per heavy atom. The van der Waals surface area contributed by atoms with Crippen molar-refractivity contribution in [2.45, 2.75) is 13.5 Å². The minimum Gasteiger partial charge on any atom is -0.504 e. The van der Waals surface area contributed by atoms with Crippen LogP contribution in [0.5, 0.6) is 17.2 Å². The second-order valence-corrected chi connectivity index (χ2v) is 4.40. The van der Waals surface area contributed by atoms with Crippen LogP contribution in [0.2, 0.25) is 0 Å². The Hall–Kier alpha value is -2.43. The zero-order valence-corrected chi connectivity index (χ0v) is 12.0. The molecule has 4 nitrogen and oxygen atoms in total. The fourth-order valence-corrected chi connectivity index (χ4v) is 1.96. The van der Waals surface area contributed by atoms with Gasteiger partial charge >= 0.3 is 0 Å². The smallest absolute Gasteiger partial charge is 0.167 e. The van der Waals surface area contributed by atoms with Gasteiger partial charge in [-0.05, 0) is 25.1 Å². The second-order valence-electron chi connectivity index (χ2n) is 4.40. The van der Waals surface area contributed by atoms with E-state index in [0.29, 0.717) is 30.2 Å². The average molecular weight is 291 g/mol. The van der Waals surface area contributed by atoms with Crippen LogP contribution in [0.4, 0.5) is 10.1 Å². The van der Waals surface area contributed by atoms with Crippen molar-refractivity contribution in [3.63, 3.8) is 0 Å². The van der Waals surface area contributed by atoms with E-state index in [-0.39, 0.29) is 11.5 Å². The van der Waals surface area contributed by atoms with Gasteiger partial charge in [-0.15, -0.1) is 0 Å². The van der Waals surface area contributed by atoms with E-state index in [4.69, 9.17) is 9.47 Å². The van der Waals surface area contributed by atoms with Gasteiger partial charge in [0, 0.05) is 23.9 Å². The molecule has 0 fully saturated rings. The molecule has 0 saturated heterocycles. The van der Waals surface area contributed by atoms with Crippen LogP contribution in [0.25, 0.3) is 0 Å². The summed E-state index contributed by atoms with van der Waals surface area (Å²) >= 11 is 0. The molecule has 0 heterocycles. The molecule has 0 aliphatic heterocycles. The van der Waals surface area contributed by atoms with Gasteiger partial charge in [-0.2, -0.15) is 0 Å². The third kappa shape index (κ3) is 3.56. The number of rotatable bonds is 6. The van der Waals surface area contributed by atoms with E-state index in [0.717, 1.165) is 0 Å². The maximum Gasteiger partial charge on any atom is 0.167 e. The molecule has 0 atom stereocenters. The number of phenolic OH excluding ortho intramolecular Hbond substituents is 1. The highest BCUT2D eigenvalue weighted by Crippen LogP contribution is 2.30. The molecule has 21 heavy (non-hydrogen) atoms. The molecule has 5 heteroatoms. The molecular weight excluding hydrogens is 273 g/mol. The van der Waals surface area contributed by atoms with Gasteiger partial charge in [-0.25, -0.2) is 4.39 Å². The molecule has 0 bridgehead atoms. The number of hydrogen-bond donors (Lipinski definition) is 2. The molecule has 0 aromatic heterocycles. The van der Waals surface area contributed by atoms with E-state index >= 15 is 0 Å². The van der Waals surface area contributed by atoms with Gasteiger partial charge < -0.3 is 19.9 Å². The van der Waals surface area contributed by atoms with E-state index in [9.17, 15) is 9.50 Å². The van der Waals surface area contributed by atoms with Crippen molar-refractivity contribution in [3.8, 4) is 17.2 Å². The topological polar surface area (TPSA) is 50.7 Å². The van der Waals surface area contributed by atoms with Gasteiger partial charge in [0.15, 0.2) is 23.1 Å². The van der Waals surface area contributed by atoms with E-state index in [1.165, 1.54) is 13.2 Å². The van der Waals surface area contributed by atoms with Crippen LogP contribution >= 0.6 is 0 Å². The summed E-state index contributed by atoms with van der Waals surface area (Å²) in [5.74, 6) is 0.301. The normalized spacial score (nSPS) is 10.2. The molecule has 112 valence electrons. The van der Waals surface area contributed by atoms with E-state index in [1.807, 2.05) is 0 Å². The first kappa shape index (κ1) is 15.0. The first-order valence-corrected chi connectivity index (χ1v) is 6.66. The Bertz CT molecular complexity index is 616. The van der Waals surface area contributed by atoms with Crippen molar-refractivity contribution in [3.05, 3.63) is 47.8 Å². The van der Waals surface area contributed by atoms with Crippen LogP contribution in [-0.2, 0) is 6.54 Å². The van der Waals surface area contributed by atoms with Gasteiger partial charge in [0.05, 0.1) is 13.7 Å². The molecule has 0 saturated carbocycles. The maximum absolute atomic E-state index is 13.7. The van der Waals surface area contributed by atoms with Gasteiger partial charge in [-0.3, -0.25) is 0 Å². The molecule has 0 amide bonds. The average Bonchev–Trinajstić information content (AvgIpc) is 2.49. The Morgan fingerprint density at radius 1 is 1.19 bits per heavy atom. The summed E-state index contributed by atoms with van der Waals surface area (Å²) in [7, 11) is 1.49. The van der Waals surface area contributed by atoms with Gasteiger partial charge in [0.25, 0.3) is 0 Å². The SMILES string of the molecule is CCOc1ccc(NCc2cccc(OC)c2O)cc1F. The summed E-state index contributed by atoms with van der Waals surface area (Å²) in [4.78, 5) is 0. The van der Waals surface area contributed by atoms with E-state index < -0.39 is 5.82 Å². The largest absolute Gasteiger partial charge is 0.504 e. The minimum atomic E-state index is -0.420. The number of methoxy groups -OCH3 is 1. The molecule has 2 rings (SSSR count). The third-order valence-electron chi connectivity index (χ3n) is 3.02. The first-order valence-electron chi connectivity index (χ1n) is 6.66. The molecule has 2 aromatic rings. The lowest BCUT2D eigenvalue weighted by molar-refractivity contribution is 0.321. The maximum atomic E-state index is 13.7. The van der Waals surface area contributed by atoms with Gasteiger partial charge in [0.2, 0.25) is 0 Å². The van der Waals surface area contributed by atoms with Crippen LogP contribution in [-0.4, -0.2) is 18.8 Å². The number of benzene rings is 2. The lowest BCUT2D eigenvalue weighted by Gasteiger charge is -2.11. The van der Waals surface area contributed by atoms with Gasteiger partial charge in [-0.1, -0.05) is 12.1 Å². The first-order chi connectivity index (χ1) is 10.2. The number of hydrogen-bond acceptors (Lipinski definition) is 4. The van der Waals surface area contributed by atoms with Crippen molar-refractivity contribution in [1.29, 1.82) is 0 Å². The van der Waals surface area contributed by atoms with Crippen LogP contribution in [0.15, 0.2) is 36.4 Å². The highest BCUT2D eigenvalue weighted by molar-refractivity contribution is 5.50. The van der Waals surface area contributed by atoms with Gasteiger partial charge in [0.1, 0.15) is 0 Å². The summed E-state index contributed by atoms with van der Waals surface area (Å²) in [5.41, 5.74) is 1.28. The fourth-order valence-electron chi connectivity index (χ4n) is 1.96. The fraction of sp³-hybridized carbons (Fsp3) is 0.250. The number of phenols is 1. The van der Waals surface area contributed by atoms with Crippen molar-refractivity contribution in [2.24, 2.45) is 0 Å². The van der Waals surface area contributed by atoms with Crippen molar-refractivity contribution in [2.75, 3.05) is 19.0 Å². The highest BCUT2D eigenvalue weighted by Gasteiger charge is 2.08. The molecule has 0 aliphatic rings. The van der Waals surface area contributed by atoms with Crippen LogP contribution in [0, 0.1) is 5.82 Å². The van der Waals surface area contributed by atoms with Crippen molar-refractivity contribution >= 4 is 5.69 Å². The summed E-state index contributed by atoms with van der Waals surface area (Å²) < 4.78 is 23.9. The number of halogens is 1. The lowest BCUT2D eigenvalue weighted by atomic mass is 10.2. The second kappa shape index (κ2) is 6.83. The molecule has 2 aromatic carbocycles. The van der Waals surface area contributed by atoms with Crippen LogP contribution in [0.1, 0.15) is 12.5 Å². The quantitative estimate of drug-likeness (QED) is 0.854. The Kier molecular flexibility index (Phi) is 4.87. The summed E-state index contributed by atoms with van der Waals surface area (Å²) in [6.45, 7) is 2.58. The minimum absolute atomic E-state index is 0.0823. The predicted molar refractivity (Wildman–Crippen MR) is 79.6 cm³/mol. The molecule has 2 N–H and O–H groups in total. The van der Waals surface area contributed by atoms with Crippen molar-refractivity contribution < 1.29 is 19.0 Å². The predicted octanol–water partition coefficient (Wildman–Crippen LogP) is 3.55. The summed E-state index contributed by atoms with van der Waals surface area (Å²) in [6.07, 6.45) is 0. The Labute approximate surface area is 123 Å². The number of nitrogens with one attached hydrogen (secondary N) is 1. The van der Waals surface area contributed by atoms with Crippen LogP contribution < -0.4 is 14.8 Å². The molecule has 0 unspecified atom stereocenters. The number of aromatic hydroxyl groups is 1. The third-order valence-corrected chi connectivity index (χ3v) is 3.02. The summed E-state index contributed by atoms with van der Waals surface area (Å²) in [5, 5.41) is 13.0. The number of anilines is 1. The van der Waals surface area contributed by atoms with E-state index in [1.54, 1.807) is 37.3 Å². The van der Waals surface area contributed by atoms with Crippen molar-refractivity contribution in [1.82, 2.24) is 0 Å². The number of para-hydroxylation sites is 1. The van der Waals surface area contributed by atoms with Crippen LogP contribution in [0.3, 0.4) is 0 Å². The molecule has 0 spiro atoms. The van der Waals surface area contributed by atoms with E-state index in [2.05, 4.69) is 5.32 Å². The monoisotopic (exact) mass is 291 g/mol. The Balaban J connectivity index is 2.08. The Morgan fingerprint density at radius 3 is 2.67 bits per heavy atom. The summed E-state index contributed by atoms with van der Waals surface area (Å²) in [6, 6.07) is 9.90. The molecule has 0 aliphatic carbocycles. The molecule has 0 radical (unpaired) electrons. The lowest BCUT2D eigenvalue weighted by Crippen LogP contribution is -2.02.